The van der Waals surface area contributed by atoms with Crippen LogP contribution < -0.4 is 11.2 Å². The Kier molecular flexibility index (Phi) is 3.10. The molecule has 0 spiro atoms. The van der Waals surface area contributed by atoms with Gasteiger partial charge in [0.15, 0.2) is 12.0 Å². The summed E-state index contributed by atoms with van der Waals surface area (Å²) < 4.78 is 6.64. The number of nitrogens with one attached hydrogen (secondary N) is 1. The molecule has 2 rings (SSSR count). The molecule has 2 aromatic heterocycles. The maximum absolute atomic E-state index is 11.4. The molecule has 7 heteroatoms. The van der Waals surface area contributed by atoms with Crippen LogP contribution >= 0.6 is 15.9 Å². The molecule has 0 amide bonds. The van der Waals surface area contributed by atoms with Crippen LogP contribution in [-0.2, 0) is 6.54 Å². The monoisotopic (exact) mass is 298 g/mol. The highest BCUT2D eigenvalue weighted by atomic mass is 79.9. The van der Waals surface area contributed by atoms with Crippen LogP contribution in [0.4, 0.5) is 0 Å². The summed E-state index contributed by atoms with van der Waals surface area (Å²) in [5.74, 6) is 0.643. The minimum absolute atomic E-state index is 0.141. The van der Waals surface area contributed by atoms with Gasteiger partial charge in [-0.15, -0.1) is 0 Å². The van der Waals surface area contributed by atoms with E-state index in [1.165, 1.54) is 16.8 Å². The van der Waals surface area contributed by atoms with Gasteiger partial charge in [-0.05, 0) is 28.1 Å². The topological polar surface area (TPSA) is 85.1 Å². The van der Waals surface area contributed by atoms with Crippen molar-refractivity contribution in [2.45, 2.75) is 6.54 Å². The molecule has 2 heterocycles. The Morgan fingerprint density at radius 2 is 2.18 bits per heavy atom. The molecular formula is C10H7BrN2O4. The van der Waals surface area contributed by atoms with E-state index in [0.29, 0.717) is 12.0 Å². The Morgan fingerprint density at radius 1 is 1.41 bits per heavy atom. The van der Waals surface area contributed by atoms with Crippen molar-refractivity contribution in [3.63, 3.8) is 0 Å². The number of H-pyrrole nitrogens is 1. The highest BCUT2D eigenvalue weighted by Crippen LogP contribution is 2.07. The number of aromatic amines is 1. The van der Waals surface area contributed by atoms with Crippen molar-refractivity contribution < 1.29 is 9.21 Å². The smallest absolute Gasteiger partial charge is 0.328 e. The van der Waals surface area contributed by atoms with E-state index in [1.807, 2.05) is 0 Å². The van der Waals surface area contributed by atoms with Crippen LogP contribution in [0.25, 0.3) is 0 Å². The van der Waals surface area contributed by atoms with E-state index in [2.05, 4.69) is 20.9 Å². The molecular weight excluding hydrogens is 292 g/mol. The molecule has 2 aromatic rings. The van der Waals surface area contributed by atoms with Crippen LogP contribution in [0.5, 0.6) is 0 Å². The number of hydrogen-bond donors (Lipinski definition) is 1. The number of carbonyl (C=O) groups excluding carboxylic acids is 1. The lowest BCUT2D eigenvalue weighted by Crippen LogP contribution is -2.29. The summed E-state index contributed by atoms with van der Waals surface area (Å²) >= 11 is 3.02. The van der Waals surface area contributed by atoms with Gasteiger partial charge >= 0.3 is 5.69 Å². The second kappa shape index (κ2) is 4.54. The summed E-state index contributed by atoms with van der Waals surface area (Å²) in [6, 6.07) is 3.10. The number of aromatic nitrogens is 2. The SMILES string of the molecule is O=Cc1ccc(Cn2cc(Br)c(=O)[nH]c2=O)o1. The maximum atomic E-state index is 11.4. The normalized spacial score (nSPS) is 10.4. The van der Waals surface area contributed by atoms with Gasteiger partial charge in [0.2, 0.25) is 0 Å². The lowest BCUT2D eigenvalue weighted by Gasteiger charge is -2.02. The molecule has 0 aromatic carbocycles. The first-order valence-corrected chi connectivity index (χ1v) is 5.42. The molecule has 0 bridgehead atoms. The van der Waals surface area contributed by atoms with Gasteiger partial charge in [0.05, 0.1) is 11.0 Å². The van der Waals surface area contributed by atoms with Gasteiger partial charge in [-0.1, -0.05) is 0 Å². The van der Waals surface area contributed by atoms with Gasteiger partial charge in [0, 0.05) is 6.20 Å². The number of halogens is 1. The molecule has 0 fully saturated rings. The van der Waals surface area contributed by atoms with E-state index in [4.69, 9.17) is 4.42 Å². The van der Waals surface area contributed by atoms with Crippen molar-refractivity contribution in [3.8, 4) is 0 Å². The summed E-state index contributed by atoms with van der Waals surface area (Å²) in [4.78, 5) is 35.1. The first-order chi connectivity index (χ1) is 8.10. The fourth-order valence-corrected chi connectivity index (χ4v) is 1.66. The second-order valence-corrected chi connectivity index (χ2v) is 4.14. The van der Waals surface area contributed by atoms with E-state index in [-0.39, 0.29) is 16.8 Å². The van der Waals surface area contributed by atoms with Gasteiger partial charge in [0.25, 0.3) is 5.56 Å². The highest BCUT2D eigenvalue weighted by molar-refractivity contribution is 9.10. The average molecular weight is 299 g/mol. The third-order valence-electron chi connectivity index (χ3n) is 2.09. The molecule has 17 heavy (non-hydrogen) atoms. The Morgan fingerprint density at radius 3 is 2.82 bits per heavy atom. The molecule has 0 radical (unpaired) electrons. The standard InChI is InChI=1S/C10H7BrN2O4/c11-8-4-13(10(16)12-9(8)15)3-6-1-2-7(5-14)17-6/h1-2,4-5H,3H2,(H,12,15,16). The predicted octanol–water partition coefficient (Wildman–Crippen LogP) is 0.753. The first-order valence-electron chi connectivity index (χ1n) is 4.63. The Bertz CT molecular complexity index is 667. The zero-order chi connectivity index (χ0) is 12.4. The average Bonchev–Trinajstić information content (AvgIpc) is 2.73. The van der Waals surface area contributed by atoms with Crippen molar-refractivity contribution in [2.24, 2.45) is 0 Å². The molecule has 0 aliphatic heterocycles. The van der Waals surface area contributed by atoms with E-state index in [1.54, 1.807) is 6.07 Å². The summed E-state index contributed by atoms with van der Waals surface area (Å²) in [5.41, 5.74) is -1.03. The van der Waals surface area contributed by atoms with Gasteiger partial charge in [0.1, 0.15) is 5.76 Å². The number of furan rings is 1. The number of nitrogens with zero attached hydrogens (tertiary/aromatic N) is 1. The molecule has 88 valence electrons. The predicted molar refractivity (Wildman–Crippen MR) is 62.2 cm³/mol. The minimum Gasteiger partial charge on any atom is -0.456 e. The van der Waals surface area contributed by atoms with E-state index >= 15 is 0 Å². The summed E-state index contributed by atoms with van der Waals surface area (Å²) in [5, 5.41) is 0. The van der Waals surface area contributed by atoms with Crippen molar-refractivity contribution in [2.75, 3.05) is 0 Å². The quantitative estimate of drug-likeness (QED) is 0.848. The van der Waals surface area contributed by atoms with Crippen LogP contribution in [0.3, 0.4) is 0 Å². The summed E-state index contributed by atoms with van der Waals surface area (Å²) in [6.07, 6.45) is 1.94. The minimum atomic E-state index is -0.540. The highest BCUT2D eigenvalue weighted by Gasteiger charge is 2.06. The zero-order valence-electron chi connectivity index (χ0n) is 8.47. The van der Waals surface area contributed by atoms with Crippen LogP contribution in [0.15, 0.2) is 36.8 Å². The van der Waals surface area contributed by atoms with E-state index in [0.717, 1.165) is 0 Å². The van der Waals surface area contributed by atoms with Gasteiger partial charge in [-0.25, -0.2) is 4.79 Å². The molecule has 0 aliphatic carbocycles. The molecule has 0 unspecified atom stereocenters. The number of hydrogen-bond acceptors (Lipinski definition) is 4. The van der Waals surface area contributed by atoms with Crippen LogP contribution in [0, 0.1) is 0 Å². The lowest BCUT2D eigenvalue weighted by molar-refractivity contribution is 0.109. The fraction of sp³-hybridized carbons (Fsp3) is 0.100. The molecule has 0 saturated heterocycles. The molecule has 1 N–H and O–H groups in total. The van der Waals surface area contributed by atoms with Crippen molar-refractivity contribution in [1.82, 2.24) is 9.55 Å². The fourth-order valence-electron chi connectivity index (χ4n) is 1.31. The zero-order valence-corrected chi connectivity index (χ0v) is 10.1. The number of carbonyl (C=O) groups is 1. The Labute approximate surface area is 103 Å². The largest absolute Gasteiger partial charge is 0.456 e. The third-order valence-corrected chi connectivity index (χ3v) is 2.66. The van der Waals surface area contributed by atoms with Crippen molar-refractivity contribution >= 4 is 22.2 Å². The third kappa shape index (κ3) is 2.44. The molecule has 6 nitrogen and oxygen atoms in total. The van der Waals surface area contributed by atoms with Gasteiger partial charge < -0.3 is 4.42 Å². The Balaban J connectivity index is 2.36. The second-order valence-electron chi connectivity index (χ2n) is 3.29. The van der Waals surface area contributed by atoms with Gasteiger partial charge in [-0.3, -0.25) is 19.1 Å². The lowest BCUT2D eigenvalue weighted by atomic mass is 10.4. The maximum Gasteiger partial charge on any atom is 0.328 e. The van der Waals surface area contributed by atoms with Crippen LogP contribution in [0.2, 0.25) is 0 Å². The summed E-state index contributed by atoms with van der Waals surface area (Å²) in [7, 11) is 0. The van der Waals surface area contributed by atoms with Crippen LogP contribution in [0.1, 0.15) is 16.3 Å². The molecule has 0 atom stereocenters. The molecule has 0 saturated carbocycles. The Hall–Kier alpha value is -1.89. The number of rotatable bonds is 3. The van der Waals surface area contributed by atoms with Crippen molar-refractivity contribution in [3.05, 3.63) is 55.2 Å². The van der Waals surface area contributed by atoms with Crippen molar-refractivity contribution in [1.29, 1.82) is 0 Å². The number of aldehydes is 1. The van der Waals surface area contributed by atoms with Gasteiger partial charge in [-0.2, -0.15) is 0 Å². The summed E-state index contributed by atoms with van der Waals surface area (Å²) in [6.45, 7) is 0.141. The van der Waals surface area contributed by atoms with E-state index < -0.39 is 11.2 Å². The first kappa shape index (κ1) is 11.6. The molecule has 0 aliphatic rings. The van der Waals surface area contributed by atoms with E-state index in [9.17, 15) is 14.4 Å². The van der Waals surface area contributed by atoms with Crippen LogP contribution in [-0.4, -0.2) is 15.8 Å².